The van der Waals surface area contributed by atoms with Gasteiger partial charge in [0.25, 0.3) is 0 Å². The summed E-state index contributed by atoms with van der Waals surface area (Å²) < 4.78 is 0. The number of benzene rings is 1. The van der Waals surface area contributed by atoms with Crippen LogP contribution in [0.2, 0.25) is 0 Å². The second-order valence-corrected chi connectivity index (χ2v) is 4.40. The van der Waals surface area contributed by atoms with Gasteiger partial charge in [0.1, 0.15) is 6.07 Å². The van der Waals surface area contributed by atoms with Crippen molar-refractivity contribution in [3.63, 3.8) is 0 Å². The van der Waals surface area contributed by atoms with Gasteiger partial charge in [-0.05, 0) is 5.56 Å². The molecular formula is C12H12N4S. The van der Waals surface area contributed by atoms with E-state index in [0.29, 0.717) is 17.2 Å². The first-order chi connectivity index (χ1) is 8.33. The molecule has 0 saturated heterocycles. The Labute approximate surface area is 104 Å². The van der Waals surface area contributed by atoms with Gasteiger partial charge in [-0.1, -0.05) is 41.7 Å². The molecule has 0 unspecified atom stereocenters. The standard InChI is InChI=1S/C12H12N4S/c1-14-12-16-11(10(7-13)17-12)15-8-9-5-3-2-4-6-9/h2-6,15H,8H2,1H3,(H,14,16). The molecule has 4 nitrogen and oxygen atoms in total. The van der Waals surface area contributed by atoms with Crippen molar-refractivity contribution in [1.82, 2.24) is 4.98 Å². The summed E-state index contributed by atoms with van der Waals surface area (Å²) in [5.41, 5.74) is 1.16. The van der Waals surface area contributed by atoms with Gasteiger partial charge in [-0.2, -0.15) is 5.26 Å². The van der Waals surface area contributed by atoms with Crippen molar-refractivity contribution in [2.45, 2.75) is 6.54 Å². The molecule has 0 bridgehead atoms. The Hall–Kier alpha value is -2.06. The van der Waals surface area contributed by atoms with E-state index in [9.17, 15) is 0 Å². The number of hydrogen-bond acceptors (Lipinski definition) is 5. The Kier molecular flexibility index (Phi) is 3.58. The zero-order chi connectivity index (χ0) is 12.1. The highest BCUT2D eigenvalue weighted by atomic mass is 32.1. The molecule has 0 aliphatic rings. The van der Waals surface area contributed by atoms with Crippen molar-refractivity contribution in [2.24, 2.45) is 0 Å². The lowest BCUT2D eigenvalue weighted by molar-refractivity contribution is 1.12. The summed E-state index contributed by atoms with van der Waals surface area (Å²) >= 11 is 1.35. The fourth-order valence-electron chi connectivity index (χ4n) is 1.40. The fraction of sp³-hybridized carbons (Fsp3) is 0.167. The van der Waals surface area contributed by atoms with Gasteiger partial charge in [0.2, 0.25) is 0 Å². The third kappa shape index (κ3) is 2.74. The molecule has 0 amide bonds. The van der Waals surface area contributed by atoms with E-state index in [-0.39, 0.29) is 0 Å². The van der Waals surface area contributed by atoms with Gasteiger partial charge >= 0.3 is 0 Å². The van der Waals surface area contributed by atoms with E-state index in [4.69, 9.17) is 5.26 Å². The molecule has 17 heavy (non-hydrogen) atoms. The van der Waals surface area contributed by atoms with Crippen LogP contribution in [0.3, 0.4) is 0 Å². The minimum absolute atomic E-state index is 0.602. The van der Waals surface area contributed by atoms with Crippen molar-refractivity contribution in [3.05, 3.63) is 40.8 Å². The Morgan fingerprint density at radius 2 is 2.12 bits per heavy atom. The smallest absolute Gasteiger partial charge is 0.185 e. The summed E-state index contributed by atoms with van der Waals surface area (Å²) in [4.78, 5) is 4.89. The maximum Gasteiger partial charge on any atom is 0.185 e. The topological polar surface area (TPSA) is 60.7 Å². The monoisotopic (exact) mass is 244 g/mol. The largest absolute Gasteiger partial charge is 0.364 e. The predicted molar refractivity (Wildman–Crippen MR) is 70.1 cm³/mol. The molecule has 0 saturated carbocycles. The molecule has 0 aliphatic carbocycles. The van der Waals surface area contributed by atoms with Gasteiger partial charge in [-0.25, -0.2) is 4.98 Å². The van der Waals surface area contributed by atoms with E-state index in [2.05, 4.69) is 21.7 Å². The molecule has 5 heteroatoms. The summed E-state index contributed by atoms with van der Waals surface area (Å²) in [6.07, 6.45) is 0. The van der Waals surface area contributed by atoms with Crippen LogP contribution in [0.5, 0.6) is 0 Å². The number of hydrogen-bond donors (Lipinski definition) is 2. The molecule has 1 heterocycles. The molecule has 2 aromatic rings. The first-order valence-corrected chi connectivity index (χ1v) is 6.01. The molecule has 2 N–H and O–H groups in total. The summed E-state index contributed by atoms with van der Waals surface area (Å²) in [5, 5.41) is 15.8. The van der Waals surface area contributed by atoms with E-state index in [1.165, 1.54) is 11.3 Å². The van der Waals surface area contributed by atoms with Crippen molar-refractivity contribution >= 4 is 22.3 Å². The average Bonchev–Trinajstić information content (AvgIpc) is 2.80. The Morgan fingerprint density at radius 3 is 2.76 bits per heavy atom. The summed E-state index contributed by atoms with van der Waals surface area (Å²) in [5.74, 6) is 0.644. The number of nitriles is 1. The SMILES string of the molecule is CNc1nc(NCc2ccccc2)c(C#N)s1. The van der Waals surface area contributed by atoms with Crippen LogP contribution in [0.1, 0.15) is 10.4 Å². The van der Waals surface area contributed by atoms with Gasteiger partial charge in [-0.15, -0.1) is 0 Å². The van der Waals surface area contributed by atoms with Crippen LogP contribution in [-0.2, 0) is 6.54 Å². The van der Waals surface area contributed by atoms with Crippen molar-refractivity contribution in [1.29, 1.82) is 5.26 Å². The quantitative estimate of drug-likeness (QED) is 0.868. The fourth-order valence-corrected chi connectivity index (χ4v) is 2.10. The van der Waals surface area contributed by atoms with E-state index in [1.807, 2.05) is 30.3 Å². The third-order valence-corrected chi connectivity index (χ3v) is 3.22. The number of rotatable bonds is 4. The highest BCUT2D eigenvalue weighted by Gasteiger charge is 2.09. The highest BCUT2D eigenvalue weighted by molar-refractivity contribution is 7.16. The van der Waals surface area contributed by atoms with Crippen molar-refractivity contribution in [3.8, 4) is 6.07 Å². The Bertz CT molecular complexity index is 527. The molecule has 1 aromatic heterocycles. The summed E-state index contributed by atoms with van der Waals surface area (Å²) in [7, 11) is 1.79. The van der Waals surface area contributed by atoms with E-state index < -0.39 is 0 Å². The van der Waals surface area contributed by atoms with Crippen LogP contribution in [0.15, 0.2) is 30.3 Å². The van der Waals surface area contributed by atoms with Crippen LogP contribution in [-0.4, -0.2) is 12.0 Å². The number of nitrogens with zero attached hydrogens (tertiary/aromatic N) is 2. The van der Waals surface area contributed by atoms with Gasteiger partial charge in [0.15, 0.2) is 15.8 Å². The second-order valence-electron chi connectivity index (χ2n) is 3.40. The Morgan fingerprint density at radius 1 is 1.35 bits per heavy atom. The summed E-state index contributed by atoms with van der Waals surface area (Å²) in [6, 6.07) is 12.2. The molecular weight excluding hydrogens is 232 g/mol. The molecule has 0 spiro atoms. The van der Waals surface area contributed by atoms with Gasteiger partial charge in [-0.3, -0.25) is 0 Å². The third-order valence-electron chi connectivity index (χ3n) is 2.25. The molecule has 1 aromatic carbocycles. The molecule has 86 valence electrons. The Balaban J connectivity index is 2.09. The maximum absolute atomic E-state index is 8.98. The summed E-state index contributed by atoms with van der Waals surface area (Å²) in [6.45, 7) is 0.669. The average molecular weight is 244 g/mol. The number of anilines is 2. The number of nitrogens with one attached hydrogen (secondary N) is 2. The number of thiazole rings is 1. The van der Waals surface area contributed by atoms with Crippen molar-refractivity contribution in [2.75, 3.05) is 17.7 Å². The van der Waals surface area contributed by atoms with Gasteiger partial charge < -0.3 is 10.6 Å². The first kappa shape index (κ1) is 11.4. The van der Waals surface area contributed by atoms with Crippen molar-refractivity contribution < 1.29 is 0 Å². The minimum Gasteiger partial charge on any atom is -0.364 e. The van der Waals surface area contributed by atoms with Crippen LogP contribution in [0.25, 0.3) is 0 Å². The highest BCUT2D eigenvalue weighted by Crippen LogP contribution is 2.26. The normalized spacial score (nSPS) is 9.65. The van der Waals surface area contributed by atoms with Crippen LogP contribution >= 0.6 is 11.3 Å². The van der Waals surface area contributed by atoms with Crippen LogP contribution < -0.4 is 10.6 Å². The van der Waals surface area contributed by atoms with Crippen LogP contribution in [0.4, 0.5) is 10.9 Å². The molecule has 0 atom stereocenters. The molecule has 0 radical (unpaired) electrons. The van der Waals surface area contributed by atoms with Gasteiger partial charge in [0.05, 0.1) is 0 Å². The number of aromatic nitrogens is 1. The molecule has 0 fully saturated rings. The van der Waals surface area contributed by atoms with E-state index in [1.54, 1.807) is 7.05 Å². The predicted octanol–water partition coefficient (Wildman–Crippen LogP) is 2.67. The lowest BCUT2D eigenvalue weighted by atomic mass is 10.2. The van der Waals surface area contributed by atoms with Gasteiger partial charge in [0, 0.05) is 13.6 Å². The minimum atomic E-state index is 0.602. The zero-order valence-electron chi connectivity index (χ0n) is 9.40. The lowest BCUT2D eigenvalue weighted by Crippen LogP contribution is -2.00. The maximum atomic E-state index is 8.98. The second kappa shape index (κ2) is 5.32. The van der Waals surface area contributed by atoms with E-state index >= 15 is 0 Å². The van der Waals surface area contributed by atoms with Crippen LogP contribution in [0, 0.1) is 11.3 Å². The lowest BCUT2D eigenvalue weighted by Gasteiger charge is -2.03. The van der Waals surface area contributed by atoms with E-state index in [0.717, 1.165) is 10.7 Å². The first-order valence-electron chi connectivity index (χ1n) is 5.20. The zero-order valence-corrected chi connectivity index (χ0v) is 10.2. The molecule has 2 rings (SSSR count). The molecule has 0 aliphatic heterocycles.